The summed E-state index contributed by atoms with van der Waals surface area (Å²) in [5, 5.41) is 2.12. The average Bonchev–Trinajstić information content (AvgIpc) is 2.68. The van der Waals surface area contributed by atoms with Crippen molar-refractivity contribution in [2.45, 2.75) is 25.8 Å². The molecule has 1 unspecified atom stereocenters. The Bertz CT molecular complexity index is 296. The van der Waals surface area contributed by atoms with Crippen molar-refractivity contribution < 1.29 is 0 Å². The molecule has 1 aromatic heterocycles. The summed E-state index contributed by atoms with van der Waals surface area (Å²) in [5.41, 5.74) is 5.46. The molecule has 0 saturated carbocycles. The SMILES string of the molecule is CC(c1cccs1)N(C)CCCC(N)=S. The molecule has 4 heteroatoms. The first-order valence-electron chi connectivity index (χ1n) is 5.13. The topological polar surface area (TPSA) is 29.3 Å². The zero-order chi connectivity index (χ0) is 11.3. The van der Waals surface area contributed by atoms with Crippen molar-refractivity contribution in [3.8, 4) is 0 Å². The highest BCUT2D eigenvalue weighted by Gasteiger charge is 2.11. The van der Waals surface area contributed by atoms with E-state index in [1.54, 1.807) is 11.3 Å². The van der Waals surface area contributed by atoms with Crippen LogP contribution in [-0.2, 0) is 0 Å². The van der Waals surface area contributed by atoms with Crippen molar-refractivity contribution in [2.24, 2.45) is 5.73 Å². The summed E-state index contributed by atoms with van der Waals surface area (Å²) in [6.45, 7) is 3.27. The molecule has 0 fully saturated rings. The van der Waals surface area contributed by atoms with E-state index in [1.807, 2.05) is 0 Å². The molecule has 0 spiro atoms. The van der Waals surface area contributed by atoms with Gasteiger partial charge in [0.05, 0.1) is 4.99 Å². The monoisotopic (exact) mass is 242 g/mol. The maximum Gasteiger partial charge on any atom is 0.0727 e. The van der Waals surface area contributed by atoms with Crippen LogP contribution >= 0.6 is 23.6 Å². The van der Waals surface area contributed by atoms with E-state index in [4.69, 9.17) is 18.0 Å². The molecule has 0 aliphatic carbocycles. The first kappa shape index (κ1) is 12.6. The van der Waals surface area contributed by atoms with Gasteiger partial charge in [-0.05, 0) is 44.8 Å². The normalized spacial score (nSPS) is 13.0. The number of nitrogens with two attached hydrogens (primary N) is 1. The largest absolute Gasteiger partial charge is 0.393 e. The molecule has 0 amide bonds. The molecular weight excluding hydrogens is 224 g/mol. The van der Waals surface area contributed by atoms with E-state index < -0.39 is 0 Å². The van der Waals surface area contributed by atoms with Crippen LogP contribution in [0.4, 0.5) is 0 Å². The van der Waals surface area contributed by atoms with Crippen LogP contribution in [0.3, 0.4) is 0 Å². The summed E-state index contributed by atoms with van der Waals surface area (Å²) < 4.78 is 0. The highest BCUT2D eigenvalue weighted by atomic mass is 32.1. The number of thiocarbonyl (C=S) groups is 1. The molecule has 0 saturated heterocycles. The molecule has 2 N–H and O–H groups in total. The van der Waals surface area contributed by atoms with E-state index in [1.165, 1.54) is 4.88 Å². The third-order valence-electron chi connectivity index (χ3n) is 2.55. The predicted octanol–water partition coefficient (Wildman–Crippen LogP) is 2.81. The number of thiophene rings is 1. The lowest BCUT2D eigenvalue weighted by Crippen LogP contribution is -2.24. The van der Waals surface area contributed by atoms with Crippen molar-refractivity contribution in [2.75, 3.05) is 13.6 Å². The van der Waals surface area contributed by atoms with Gasteiger partial charge in [0, 0.05) is 10.9 Å². The average molecular weight is 242 g/mol. The Morgan fingerprint density at radius 3 is 2.93 bits per heavy atom. The number of hydrogen-bond acceptors (Lipinski definition) is 3. The Labute approximate surface area is 101 Å². The zero-order valence-corrected chi connectivity index (χ0v) is 10.9. The molecule has 1 rings (SSSR count). The lowest BCUT2D eigenvalue weighted by atomic mass is 10.2. The molecule has 2 nitrogen and oxygen atoms in total. The number of rotatable bonds is 6. The molecule has 1 atom stereocenters. The fourth-order valence-electron chi connectivity index (χ4n) is 1.44. The summed E-state index contributed by atoms with van der Waals surface area (Å²) in [6.07, 6.45) is 1.89. The Morgan fingerprint density at radius 2 is 2.40 bits per heavy atom. The summed E-state index contributed by atoms with van der Waals surface area (Å²) in [6, 6.07) is 4.76. The van der Waals surface area contributed by atoms with Crippen LogP contribution in [0.15, 0.2) is 17.5 Å². The van der Waals surface area contributed by atoms with Gasteiger partial charge in [-0.15, -0.1) is 11.3 Å². The lowest BCUT2D eigenvalue weighted by Gasteiger charge is -2.23. The smallest absolute Gasteiger partial charge is 0.0727 e. The van der Waals surface area contributed by atoms with E-state index in [0.717, 1.165) is 19.4 Å². The molecule has 0 aromatic carbocycles. The van der Waals surface area contributed by atoms with Crippen LogP contribution in [-0.4, -0.2) is 23.5 Å². The van der Waals surface area contributed by atoms with Gasteiger partial charge in [-0.25, -0.2) is 0 Å². The zero-order valence-electron chi connectivity index (χ0n) is 9.27. The number of hydrogen-bond donors (Lipinski definition) is 1. The van der Waals surface area contributed by atoms with Crippen molar-refractivity contribution in [3.63, 3.8) is 0 Å². The minimum absolute atomic E-state index is 0.483. The van der Waals surface area contributed by atoms with Gasteiger partial charge in [0.2, 0.25) is 0 Å². The number of nitrogens with zero attached hydrogens (tertiary/aromatic N) is 1. The van der Waals surface area contributed by atoms with Crippen molar-refractivity contribution in [3.05, 3.63) is 22.4 Å². The van der Waals surface area contributed by atoms with Gasteiger partial charge >= 0.3 is 0 Å². The Morgan fingerprint density at radius 1 is 1.67 bits per heavy atom. The molecule has 0 bridgehead atoms. The van der Waals surface area contributed by atoms with E-state index in [-0.39, 0.29) is 0 Å². The second-order valence-corrected chi connectivity index (χ2v) is 5.25. The molecule has 0 radical (unpaired) electrons. The lowest BCUT2D eigenvalue weighted by molar-refractivity contribution is 0.263. The predicted molar refractivity (Wildman–Crippen MR) is 71.4 cm³/mol. The molecule has 1 aromatic rings. The molecule has 0 aliphatic heterocycles. The minimum Gasteiger partial charge on any atom is -0.393 e. The molecule has 1 heterocycles. The van der Waals surface area contributed by atoms with Crippen molar-refractivity contribution in [1.29, 1.82) is 0 Å². The third kappa shape index (κ3) is 4.28. The van der Waals surface area contributed by atoms with E-state index in [0.29, 0.717) is 11.0 Å². The molecular formula is C11H18N2S2. The van der Waals surface area contributed by atoms with Crippen LogP contribution < -0.4 is 5.73 Å². The second-order valence-electron chi connectivity index (χ2n) is 3.74. The maximum atomic E-state index is 5.46. The van der Waals surface area contributed by atoms with Gasteiger partial charge in [0.15, 0.2) is 0 Å². The Hall–Kier alpha value is -0.450. The molecule has 15 heavy (non-hydrogen) atoms. The molecule has 0 aliphatic rings. The van der Waals surface area contributed by atoms with Crippen LogP contribution in [0.1, 0.15) is 30.7 Å². The Kier molecular flexibility index (Phi) is 5.22. The minimum atomic E-state index is 0.483. The second kappa shape index (κ2) is 6.20. The van der Waals surface area contributed by atoms with Crippen LogP contribution in [0.25, 0.3) is 0 Å². The van der Waals surface area contributed by atoms with Crippen LogP contribution in [0.5, 0.6) is 0 Å². The quantitative estimate of drug-likeness (QED) is 0.778. The first-order chi connectivity index (χ1) is 7.11. The van der Waals surface area contributed by atoms with Crippen LogP contribution in [0.2, 0.25) is 0 Å². The van der Waals surface area contributed by atoms with Gasteiger partial charge in [-0.2, -0.15) is 0 Å². The highest BCUT2D eigenvalue weighted by Crippen LogP contribution is 2.23. The van der Waals surface area contributed by atoms with Gasteiger partial charge in [-0.1, -0.05) is 18.3 Å². The summed E-state index contributed by atoms with van der Waals surface area (Å²) in [5.74, 6) is 0. The van der Waals surface area contributed by atoms with E-state index in [9.17, 15) is 0 Å². The first-order valence-corrected chi connectivity index (χ1v) is 6.42. The fourth-order valence-corrected chi connectivity index (χ4v) is 2.44. The van der Waals surface area contributed by atoms with Crippen LogP contribution in [0, 0.1) is 0 Å². The highest BCUT2D eigenvalue weighted by molar-refractivity contribution is 7.80. The van der Waals surface area contributed by atoms with E-state index >= 15 is 0 Å². The third-order valence-corrected chi connectivity index (χ3v) is 3.80. The van der Waals surface area contributed by atoms with Gasteiger partial charge in [-0.3, -0.25) is 4.90 Å². The summed E-state index contributed by atoms with van der Waals surface area (Å²) in [4.78, 5) is 4.37. The summed E-state index contributed by atoms with van der Waals surface area (Å²) in [7, 11) is 2.14. The van der Waals surface area contributed by atoms with Gasteiger partial charge in [0.1, 0.15) is 0 Å². The van der Waals surface area contributed by atoms with Gasteiger partial charge < -0.3 is 5.73 Å². The summed E-state index contributed by atoms with van der Waals surface area (Å²) >= 11 is 6.66. The standard InChI is InChI=1S/C11H18N2S2/c1-9(10-5-4-8-15-10)13(2)7-3-6-11(12)14/h4-5,8-9H,3,6-7H2,1-2H3,(H2,12,14). The Balaban J connectivity index is 2.33. The van der Waals surface area contributed by atoms with Crippen molar-refractivity contribution >= 4 is 28.5 Å². The molecule has 84 valence electrons. The van der Waals surface area contributed by atoms with Crippen molar-refractivity contribution in [1.82, 2.24) is 4.90 Å². The maximum absolute atomic E-state index is 5.46. The van der Waals surface area contributed by atoms with Gasteiger partial charge in [0.25, 0.3) is 0 Å². The fraction of sp³-hybridized carbons (Fsp3) is 0.545. The van der Waals surface area contributed by atoms with E-state index in [2.05, 4.69) is 36.4 Å².